The van der Waals surface area contributed by atoms with Crippen LogP contribution >= 0.6 is 0 Å². The molecule has 1 aromatic carbocycles. The molecule has 0 saturated heterocycles. The Labute approximate surface area is 109 Å². The molecule has 1 unspecified atom stereocenters. The number of aryl methyl sites for hydroxylation is 1. The number of nitrogens with one attached hydrogen (secondary N) is 1. The van der Waals surface area contributed by atoms with Crippen LogP contribution in [0.5, 0.6) is 0 Å². The number of rotatable bonds is 6. The molecule has 3 nitrogen and oxygen atoms in total. The Kier molecular flexibility index (Phi) is 5.35. The van der Waals surface area contributed by atoms with Gasteiger partial charge in [-0.1, -0.05) is 32.0 Å². The van der Waals surface area contributed by atoms with Crippen molar-refractivity contribution in [3.63, 3.8) is 0 Å². The van der Waals surface area contributed by atoms with Gasteiger partial charge in [-0.25, -0.2) is 0 Å². The van der Waals surface area contributed by atoms with Crippen LogP contribution in [0.2, 0.25) is 0 Å². The largest absolute Gasteiger partial charge is 0.396 e. The van der Waals surface area contributed by atoms with Gasteiger partial charge >= 0.3 is 0 Å². The van der Waals surface area contributed by atoms with Gasteiger partial charge < -0.3 is 10.4 Å². The van der Waals surface area contributed by atoms with Crippen LogP contribution in [-0.2, 0) is 6.42 Å². The second-order valence-electron chi connectivity index (χ2n) is 4.85. The van der Waals surface area contributed by atoms with Crippen LogP contribution in [-0.4, -0.2) is 23.2 Å². The molecule has 0 bridgehead atoms. The predicted molar refractivity (Wildman–Crippen MR) is 73.7 cm³/mol. The van der Waals surface area contributed by atoms with Crippen molar-refractivity contribution in [1.29, 1.82) is 0 Å². The van der Waals surface area contributed by atoms with Gasteiger partial charge in [-0.2, -0.15) is 0 Å². The van der Waals surface area contributed by atoms with Crippen molar-refractivity contribution in [3.05, 3.63) is 35.4 Å². The van der Waals surface area contributed by atoms with E-state index in [2.05, 4.69) is 5.32 Å². The van der Waals surface area contributed by atoms with Crippen molar-refractivity contribution in [2.75, 3.05) is 6.61 Å². The molecule has 0 radical (unpaired) electrons. The van der Waals surface area contributed by atoms with Crippen molar-refractivity contribution >= 4 is 5.91 Å². The van der Waals surface area contributed by atoms with E-state index in [1.165, 1.54) is 0 Å². The van der Waals surface area contributed by atoms with Crippen molar-refractivity contribution < 1.29 is 9.90 Å². The molecule has 1 atom stereocenters. The lowest BCUT2D eigenvalue weighted by molar-refractivity contribution is 0.0885. The number of aliphatic hydroxyl groups excluding tert-OH is 1. The third kappa shape index (κ3) is 3.57. The van der Waals surface area contributed by atoms with E-state index >= 15 is 0 Å². The molecule has 1 amide bonds. The van der Waals surface area contributed by atoms with E-state index in [1.807, 2.05) is 45.0 Å². The number of hydrogen-bond acceptors (Lipinski definition) is 2. The van der Waals surface area contributed by atoms with Crippen LogP contribution in [0.25, 0.3) is 0 Å². The summed E-state index contributed by atoms with van der Waals surface area (Å²) in [5.74, 6) is -0.0507. The fraction of sp³-hybridized carbons (Fsp3) is 0.533. The predicted octanol–water partition coefficient (Wildman–Crippen LogP) is 2.53. The summed E-state index contributed by atoms with van der Waals surface area (Å²) in [6.45, 7) is 6.11. The third-order valence-electron chi connectivity index (χ3n) is 3.50. The molecule has 0 aliphatic heterocycles. The first-order valence-electron chi connectivity index (χ1n) is 6.57. The van der Waals surface area contributed by atoms with E-state index in [0.29, 0.717) is 6.42 Å². The van der Waals surface area contributed by atoms with Gasteiger partial charge in [-0.05, 0) is 37.8 Å². The summed E-state index contributed by atoms with van der Waals surface area (Å²) in [5.41, 5.74) is 1.45. The molecule has 0 saturated carbocycles. The molecule has 1 aromatic rings. The topological polar surface area (TPSA) is 49.3 Å². The molecule has 0 aromatic heterocycles. The fourth-order valence-electron chi connectivity index (χ4n) is 1.97. The zero-order valence-electron chi connectivity index (χ0n) is 11.5. The molecule has 0 heterocycles. The van der Waals surface area contributed by atoms with Crippen LogP contribution < -0.4 is 5.32 Å². The molecule has 0 aliphatic rings. The Hall–Kier alpha value is -1.35. The molecule has 3 heteroatoms. The van der Waals surface area contributed by atoms with Gasteiger partial charge in [0, 0.05) is 17.7 Å². The first-order chi connectivity index (χ1) is 8.56. The summed E-state index contributed by atoms with van der Waals surface area (Å²) < 4.78 is 0. The number of aliphatic hydroxyl groups is 1. The van der Waals surface area contributed by atoms with Crippen molar-refractivity contribution in [2.24, 2.45) is 0 Å². The Morgan fingerprint density at radius 2 is 2.00 bits per heavy atom. The number of carbonyl (C=O) groups excluding carboxylic acids is 1. The maximum Gasteiger partial charge on any atom is 0.251 e. The van der Waals surface area contributed by atoms with Crippen LogP contribution in [0.15, 0.2) is 24.3 Å². The average Bonchev–Trinajstić information content (AvgIpc) is 2.38. The van der Waals surface area contributed by atoms with Gasteiger partial charge in [0.1, 0.15) is 0 Å². The Balaban J connectivity index is 2.87. The monoisotopic (exact) mass is 249 g/mol. The molecule has 0 spiro atoms. The Morgan fingerprint density at radius 3 is 2.56 bits per heavy atom. The van der Waals surface area contributed by atoms with Gasteiger partial charge in [0.2, 0.25) is 0 Å². The quantitative estimate of drug-likeness (QED) is 0.814. The molecule has 1 rings (SSSR count). The minimum Gasteiger partial charge on any atom is -0.396 e. The minimum absolute atomic E-state index is 0.0507. The Morgan fingerprint density at radius 1 is 1.33 bits per heavy atom. The second-order valence-corrected chi connectivity index (χ2v) is 4.85. The Bertz CT molecular complexity index is 403. The highest BCUT2D eigenvalue weighted by atomic mass is 16.3. The van der Waals surface area contributed by atoms with Crippen molar-refractivity contribution in [1.82, 2.24) is 5.32 Å². The molecule has 0 fully saturated rings. The molecule has 18 heavy (non-hydrogen) atoms. The number of hydrogen-bond donors (Lipinski definition) is 2. The molecular weight excluding hydrogens is 226 g/mol. The molecule has 0 aliphatic carbocycles. The highest BCUT2D eigenvalue weighted by Crippen LogP contribution is 2.16. The normalized spacial score (nSPS) is 14.0. The van der Waals surface area contributed by atoms with E-state index in [-0.39, 0.29) is 18.1 Å². The first kappa shape index (κ1) is 14.7. The average molecular weight is 249 g/mol. The summed E-state index contributed by atoms with van der Waals surface area (Å²) in [5, 5.41) is 12.1. The van der Waals surface area contributed by atoms with E-state index in [1.54, 1.807) is 0 Å². The van der Waals surface area contributed by atoms with Gasteiger partial charge in [-0.3, -0.25) is 4.79 Å². The lowest BCUT2D eigenvalue weighted by Crippen LogP contribution is -2.46. The standard InChI is InChI=1S/C15H23NO2/c1-4-12-8-6-7-9-13(12)14(18)16-15(3,5-2)10-11-17/h6-9,17H,4-5,10-11H2,1-3H3,(H,16,18). The third-order valence-corrected chi connectivity index (χ3v) is 3.50. The van der Waals surface area contributed by atoms with E-state index in [9.17, 15) is 4.79 Å². The zero-order valence-corrected chi connectivity index (χ0v) is 11.5. The van der Waals surface area contributed by atoms with Crippen LogP contribution in [0, 0.1) is 0 Å². The summed E-state index contributed by atoms with van der Waals surface area (Å²) in [6, 6.07) is 7.65. The maximum absolute atomic E-state index is 12.3. The fourth-order valence-corrected chi connectivity index (χ4v) is 1.97. The van der Waals surface area contributed by atoms with Gasteiger partial charge in [0.05, 0.1) is 0 Å². The summed E-state index contributed by atoms with van der Waals surface area (Å²) in [4.78, 5) is 12.3. The summed E-state index contributed by atoms with van der Waals surface area (Å²) in [7, 11) is 0. The number of benzene rings is 1. The van der Waals surface area contributed by atoms with E-state index in [0.717, 1.165) is 24.0 Å². The van der Waals surface area contributed by atoms with Crippen LogP contribution in [0.4, 0.5) is 0 Å². The van der Waals surface area contributed by atoms with Crippen LogP contribution in [0.3, 0.4) is 0 Å². The second kappa shape index (κ2) is 6.55. The van der Waals surface area contributed by atoms with Gasteiger partial charge in [0.15, 0.2) is 0 Å². The van der Waals surface area contributed by atoms with Crippen LogP contribution in [0.1, 0.15) is 49.5 Å². The number of amides is 1. The SMILES string of the molecule is CCc1ccccc1C(=O)NC(C)(CC)CCO. The smallest absolute Gasteiger partial charge is 0.251 e. The molecular formula is C15H23NO2. The first-order valence-corrected chi connectivity index (χ1v) is 6.57. The van der Waals surface area contributed by atoms with Crippen molar-refractivity contribution in [2.45, 2.75) is 45.6 Å². The highest BCUT2D eigenvalue weighted by Gasteiger charge is 2.24. The van der Waals surface area contributed by atoms with Crippen molar-refractivity contribution in [3.8, 4) is 0 Å². The van der Waals surface area contributed by atoms with E-state index in [4.69, 9.17) is 5.11 Å². The van der Waals surface area contributed by atoms with E-state index < -0.39 is 0 Å². The summed E-state index contributed by atoms with van der Waals surface area (Å²) >= 11 is 0. The highest BCUT2D eigenvalue weighted by molar-refractivity contribution is 5.96. The minimum atomic E-state index is -0.341. The molecule has 2 N–H and O–H groups in total. The lowest BCUT2D eigenvalue weighted by Gasteiger charge is -2.29. The van der Waals surface area contributed by atoms with Gasteiger partial charge in [0.25, 0.3) is 5.91 Å². The zero-order chi connectivity index (χ0) is 13.6. The maximum atomic E-state index is 12.3. The van der Waals surface area contributed by atoms with Gasteiger partial charge in [-0.15, -0.1) is 0 Å². The molecule has 100 valence electrons. The lowest BCUT2D eigenvalue weighted by atomic mass is 9.93. The summed E-state index contributed by atoms with van der Waals surface area (Å²) in [6.07, 6.45) is 2.21. The number of carbonyl (C=O) groups is 1.